The molecule has 130 valence electrons. The Morgan fingerprint density at radius 1 is 1.28 bits per heavy atom. The highest BCUT2D eigenvalue weighted by Crippen LogP contribution is 2.25. The van der Waals surface area contributed by atoms with Gasteiger partial charge in [-0.3, -0.25) is 4.79 Å². The fourth-order valence-electron chi connectivity index (χ4n) is 2.68. The van der Waals surface area contributed by atoms with Gasteiger partial charge in [-0.2, -0.15) is 0 Å². The highest BCUT2D eigenvalue weighted by atomic mass is 16.5. The molecule has 1 aromatic heterocycles. The molecule has 0 radical (unpaired) electrons. The number of nitrogens with zero attached hydrogens (tertiary/aromatic N) is 3. The molecule has 0 spiro atoms. The van der Waals surface area contributed by atoms with Gasteiger partial charge < -0.3 is 14.7 Å². The van der Waals surface area contributed by atoms with Crippen molar-refractivity contribution in [1.82, 2.24) is 14.9 Å². The summed E-state index contributed by atoms with van der Waals surface area (Å²) in [4.78, 5) is 21.4. The molecule has 0 saturated carbocycles. The van der Waals surface area contributed by atoms with E-state index in [1.54, 1.807) is 13.1 Å². The van der Waals surface area contributed by atoms with E-state index in [9.17, 15) is 9.90 Å². The van der Waals surface area contributed by atoms with Gasteiger partial charge in [-0.1, -0.05) is 38.1 Å². The van der Waals surface area contributed by atoms with Gasteiger partial charge in [-0.25, -0.2) is 9.97 Å². The van der Waals surface area contributed by atoms with Gasteiger partial charge in [-0.05, 0) is 17.0 Å². The second-order valence-corrected chi connectivity index (χ2v) is 6.42. The normalized spacial score (nSPS) is 14.6. The number of rotatable bonds is 5. The van der Waals surface area contributed by atoms with Crippen molar-refractivity contribution in [3.8, 4) is 5.88 Å². The highest BCUT2D eigenvalue weighted by Gasteiger charge is 2.29. The van der Waals surface area contributed by atoms with Crippen LogP contribution in [-0.4, -0.2) is 39.5 Å². The molecule has 2 aromatic rings. The molecule has 1 aliphatic rings. The summed E-state index contributed by atoms with van der Waals surface area (Å²) in [7, 11) is 1.63. The van der Waals surface area contributed by atoms with Gasteiger partial charge in [0.15, 0.2) is 5.76 Å². The molecular weight excluding hydrogens is 318 g/mol. The number of carbonyl (C=O) groups is 1. The van der Waals surface area contributed by atoms with Crippen LogP contribution in [0.25, 0.3) is 5.57 Å². The molecule has 0 aliphatic carbocycles. The third kappa shape index (κ3) is 3.63. The van der Waals surface area contributed by atoms with Gasteiger partial charge >= 0.3 is 0 Å². The molecule has 6 heteroatoms. The number of benzene rings is 1. The molecule has 1 amide bonds. The Morgan fingerprint density at radius 3 is 2.76 bits per heavy atom. The molecule has 0 bridgehead atoms. The Morgan fingerprint density at radius 2 is 2.08 bits per heavy atom. The average Bonchev–Trinajstić information content (AvgIpc) is 2.88. The second-order valence-electron chi connectivity index (χ2n) is 6.42. The zero-order chi connectivity index (χ0) is 18.0. The van der Waals surface area contributed by atoms with E-state index in [4.69, 9.17) is 4.74 Å². The van der Waals surface area contributed by atoms with E-state index >= 15 is 0 Å². The smallest absolute Gasteiger partial charge is 0.289 e. The van der Waals surface area contributed by atoms with E-state index in [2.05, 4.69) is 35.9 Å². The van der Waals surface area contributed by atoms with Crippen LogP contribution in [0.15, 0.2) is 42.4 Å². The Balaban J connectivity index is 1.75. The van der Waals surface area contributed by atoms with E-state index in [1.807, 2.05) is 12.1 Å². The van der Waals surface area contributed by atoms with Crippen molar-refractivity contribution in [1.29, 1.82) is 0 Å². The van der Waals surface area contributed by atoms with Gasteiger partial charge in [0.1, 0.15) is 12.9 Å². The number of aromatic nitrogens is 2. The molecular formula is C19H21N3O3. The number of aliphatic hydroxyl groups excluding tert-OH is 1. The Bertz CT molecular complexity index is 830. The predicted octanol–water partition coefficient (Wildman–Crippen LogP) is 2.92. The van der Waals surface area contributed by atoms with Crippen molar-refractivity contribution < 1.29 is 14.6 Å². The summed E-state index contributed by atoms with van der Waals surface area (Å²) < 4.78 is 5.76. The van der Waals surface area contributed by atoms with Crippen LogP contribution in [0.3, 0.4) is 0 Å². The van der Waals surface area contributed by atoms with Crippen LogP contribution in [0.2, 0.25) is 0 Å². The van der Waals surface area contributed by atoms with Crippen molar-refractivity contribution in [2.24, 2.45) is 0 Å². The van der Waals surface area contributed by atoms with E-state index in [-0.39, 0.29) is 5.76 Å². The van der Waals surface area contributed by atoms with Crippen molar-refractivity contribution in [2.75, 3.05) is 13.6 Å². The highest BCUT2D eigenvalue weighted by molar-refractivity contribution is 6.03. The molecule has 25 heavy (non-hydrogen) atoms. The fraction of sp³-hybridized carbons (Fsp3) is 0.316. The van der Waals surface area contributed by atoms with E-state index < -0.39 is 5.91 Å². The van der Waals surface area contributed by atoms with E-state index in [0.29, 0.717) is 36.2 Å². The third-order valence-corrected chi connectivity index (χ3v) is 4.19. The lowest BCUT2D eigenvalue weighted by atomic mass is 10.0. The molecule has 1 N–H and O–H groups in total. The van der Waals surface area contributed by atoms with Crippen molar-refractivity contribution in [2.45, 2.75) is 26.4 Å². The van der Waals surface area contributed by atoms with Gasteiger partial charge in [-0.15, -0.1) is 0 Å². The first kappa shape index (κ1) is 17.0. The molecule has 0 unspecified atom stereocenters. The number of carbonyl (C=O) groups excluding carboxylic acids is 1. The lowest BCUT2D eigenvalue weighted by Gasteiger charge is -2.10. The summed E-state index contributed by atoms with van der Waals surface area (Å²) in [5.74, 6) is 0.193. The van der Waals surface area contributed by atoms with Crippen LogP contribution < -0.4 is 4.74 Å². The third-order valence-electron chi connectivity index (χ3n) is 4.19. The largest absolute Gasteiger partial charge is 0.503 e. The van der Waals surface area contributed by atoms with Crippen molar-refractivity contribution in [3.63, 3.8) is 0 Å². The van der Waals surface area contributed by atoms with Crippen LogP contribution in [0.5, 0.6) is 5.88 Å². The molecule has 6 nitrogen and oxygen atoms in total. The first-order valence-corrected chi connectivity index (χ1v) is 8.17. The maximum Gasteiger partial charge on any atom is 0.289 e. The number of amides is 1. The summed E-state index contributed by atoms with van der Waals surface area (Å²) >= 11 is 0. The van der Waals surface area contributed by atoms with E-state index in [1.165, 1.54) is 16.8 Å². The molecule has 2 heterocycles. The predicted molar refractivity (Wildman–Crippen MR) is 94.1 cm³/mol. The van der Waals surface area contributed by atoms with Gasteiger partial charge in [0, 0.05) is 18.7 Å². The van der Waals surface area contributed by atoms with Crippen LogP contribution >= 0.6 is 0 Å². The van der Waals surface area contributed by atoms with Crippen LogP contribution in [0.1, 0.15) is 36.6 Å². The summed E-state index contributed by atoms with van der Waals surface area (Å²) in [6, 6.07) is 9.88. The molecule has 1 aliphatic heterocycles. The number of likely N-dealkylation sites (N-methyl/N-ethyl adjacent to an activating group) is 1. The molecule has 0 atom stereocenters. The molecule has 0 fully saturated rings. The molecule has 1 aromatic carbocycles. The zero-order valence-corrected chi connectivity index (χ0v) is 14.6. The lowest BCUT2D eigenvalue weighted by molar-refractivity contribution is -0.126. The monoisotopic (exact) mass is 339 g/mol. The average molecular weight is 339 g/mol. The molecule has 3 rings (SSSR count). The van der Waals surface area contributed by atoms with E-state index in [0.717, 1.165) is 5.56 Å². The minimum atomic E-state index is -0.401. The quantitative estimate of drug-likeness (QED) is 0.906. The number of ether oxygens (including phenoxy) is 1. The SMILES string of the molecule is CC(C)c1cccc(COc2cc(C3=C(O)C(=O)N(C)C3)ncn2)c1. The Hall–Kier alpha value is -2.89. The van der Waals surface area contributed by atoms with Gasteiger partial charge in [0.2, 0.25) is 5.88 Å². The Kier molecular flexibility index (Phi) is 4.70. The fourth-order valence-corrected chi connectivity index (χ4v) is 2.68. The Labute approximate surface area is 146 Å². The lowest BCUT2D eigenvalue weighted by Crippen LogP contribution is -2.21. The maximum atomic E-state index is 11.7. The summed E-state index contributed by atoms with van der Waals surface area (Å²) in [6.45, 7) is 5.01. The first-order valence-electron chi connectivity index (χ1n) is 8.17. The second kappa shape index (κ2) is 6.93. The van der Waals surface area contributed by atoms with Crippen LogP contribution in [0.4, 0.5) is 0 Å². The zero-order valence-electron chi connectivity index (χ0n) is 14.6. The van der Waals surface area contributed by atoms with Crippen molar-refractivity contribution in [3.05, 3.63) is 59.2 Å². The standard InChI is InChI=1S/C19H21N3O3/c1-12(2)14-6-4-5-13(7-14)10-25-17-8-16(20-11-21-17)15-9-22(3)19(24)18(15)23/h4-8,11-12,23H,9-10H2,1-3H3. The topological polar surface area (TPSA) is 75.6 Å². The number of hydrogen-bond acceptors (Lipinski definition) is 5. The number of hydrogen-bond donors (Lipinski definition) is 1. The summed E-state index contributed by atoms with van der Waals surface area (Å²) in [5.41, 5.74) is 3.30. The number of aliphatic hydroxyl groups is 1. The van der Waals surface area contributed by atoms with Gasteiger partial charge in [0.25, 0.3) is 5.91 Å². The minimum absolute atomic E-state index is 0.267. The maximum absolute atomic E-state index is 11.7. The summed E-state index contributed by atoms with van der Waals surface area (Å²) in [5, 5.41) is 9.95. The molecule has 0 saturated heterocycles. The minimum Gasteiger partial charge on any atom is -0.503 e. The first-order chi connectivity index (χ1) is 12.0. The van der Waals surface area contributed by atoms with Gasteiger partial charge in [0.05, 0.1) is 12.2 Å². The summed E-state index contributed by atoms with van der Waals surface area (Å²) in [6.07, 6.45) is 1.37. The van der Waals surface area contributed by atoms with Crippen molar-refractivity contribution >= 4 is 11.5 Å². The van der Waals surface area contributed by atoms with Crippen LogP contribution in [-0.2, 0) is 11.4 Å². The van der Waals surface area contributed by atoms with Crippen LogP contribution in [0, 0.1) is 0 Å².